The van der Waals surface area contributed by atoms with E-state index in [1.54, 1.807) is 14.2 Å². The molecule has 2 N–H and O–H groups in total. The van der Waals surface area contributed by atoms with E-state index in [0.29, 0.717) is 45.4 Å². The maximum absolute atomic E-state index is 14.9. The number of anilines is 1. The lowest BCUT2D eigenvalue weighted by molar-refractivity contribution is -0.155. The Labute approximate surface area is 436 Å². The van der Waals surface area contributed by atoms with Crippen molar-refractivity contribution in [3.63, 3.8) is 0 Å². The maximum atomic E-state index is 14.9. The highest BCUT2D eigenvalue weighted by molar-refractivity contribution is 5.96. The summed E-state index contributed by atoms with van der Waals surface area (Å²) in [6.07, 6.45) is 3.43. The molecule has 0 aliphatic carbocycles. The predicted octanol–water partition coefficient (Wildman–Crippen LogP) is 7.55. The van der Waals surface area contributed by atoms with Gasteiger partial charge in [0, 0.05) is 94.3 Å². The van der Waals surface area contributed by atoms with Crippen LogP contribution in [-0.4, -0.2) is 139 Å². The van der Waals surface area contributed by atoms with Crippen LogP contribution in [0.5, 0.6) is 0 Å². The Morgan fingerprint density at radius 2 is 1.70 bits per heavy atom. The van der Waals surface area contributed by atoms with Gasteiger partial charge in [0.2, 0.25) is 5.91 Å². The van der Waals surface area contributed by atoms with Crippen LogP contribution in [0.2, 0.25) is 0 Å². The third-order valence-corrected chi connectivity index (χ3v) is 15.8. The number of nitrogens with zero attached hydrogens (tertiary/aromatic N) is 6. The first-order valence-electron chi connectivity index (χ1n) is 26.7. The Morgan fingerprint density at radius 1 is 0.946 bits per heavy atom. The van der Waals surface area contributed by atoms with Crippen molar-refractivity contribution in [2.75, 3.05) is 72.0 Å². The first-order chi connectivity index (χ1) is 35.5. The number of hydrogen-bond acceptors (Lipinski definition) is 11. The highest BCUT2D eigenvalue weighted by Crippen LogP contribution is 2.43. The Morgan fingerprint density at radius 3 is 2.43 bits per heavy atom. The number of carbonyl (C=O) groups excluding carboxylic acids is 4. The number of aromatic nitrogens is 2. The van der Waals surface area contributed by atoms with E-state index in [1.807, 2.05) is 69.4 Å². The summed E-state index contributed by atoms with van der Waals surface area (Å²) < 4.78 is 20.7. The molecule has 2 aromatic heterocycles. The number of rotatable bonds is 11. The summed E-state index contributed by atoms with van der Waals surface area (Å²) >= 11 is 0. The molecule has 1 unspecified atom stereocenters. The molecule has 0 spiro atoms. The fourth-order valence-corrected chi connectivity index (χ4v) is 11.7. The van der Waals surface area contributed by atoms with Gasteiger partial charge in [-0.3, -0.25) is 29.2 Å². The summed E-state index contributed by atoms with van der Waals surface area (Å²) in [7, 11) is 5.54. The molecule has 4 aliphatic heterocycles. The topological polar surface area (TPSA) is 151 Å². The number of methoxy groups -OCH3 is 1. The number of piperazine rings is 1. The van der Waals surface area contributed by atoms with Crippen LogP contribution in [0.1, 0.15) is 95.2 Å². The van der Waals surface area contributed by atoms with Crippen molar-refractivity contribution in [1.82, 2.24) is 35.1 Å². The van der Waals surface area contributed by atoms with Crippen molar-refractivity contribution < 1.29 is 33.4 Å². The predicted molar refractivity (Wildman–Crippen MR) is 288 cm³/mol. The Hall–Kier alpha value is -6.13. The molecule has 3 fully saturated rings. The number of aryl methyl sites for hydroxylation is 1. The average Bonchev–Trinajstić information content (AvgIpc) is 4.02. The molecule has 394 valence electrons. The quantitative estimate of drug-likeness (QED) is 0.126. The van der Waals surface area contributed by atoms with Crippen LogP contribution in [0.4, 0.5) is 5.69 Å². The van der Waals surface area contributed by atoms with Gasteiger partial charge in [0.1, 0.15) is 24.2 Å². The first-order valence-corrected chi connectivity index (χ1v) is 26.7. The highest BCUT2D eigenvalue weighted by atomic mass is 16.5. The molecule has 4 aliphatic rings. The van der Waals surface area contributed by atoms with Gasteiger partial charge in [-0.25, -0.2) is 5.43 Å². The van der Waals surface area contributed by atoms with Crippen molar-refractivity contribution in [3.05, 3.63) is 107 Å². The smallest absolute Gasteiger partial charge is 0.324 e. The van der Waals surface area contributed by atoms with E-state index in [4.69, 9.17) is 19.2 Å². The molecule has 0 radical (unpaired) electrons. The van der Waals surface area contributed by atoms with E-state index in [0.717, 1.165) is 87.5 Å². The SMILES string of the molecule is CCn1c(-c2cc(N3CCN(C)CC3)cnc2[C@H](C)OC)c2c3cc(ccc31)-c1cccc(c1)C[C@H](NC(=O)C(C(C)C)N(C)C(=O)[C@@H]1OCC[C@@H]1c1ccccc1)C(=O)N1CCC[C@H](N1)C(=O)OCC(C)(C)C2. The lowest BCUT2D eigenvalue weighted by atomic mass is 9.84. The fourth-order valence-electron chi connectivity index (χ4n) is 11.7. The third kappa shape index (κ3) is 11.0. The minimum atomic E-state index is -1.04. The minimum absolute atomic E-state index is 0.137. The van der Waals surface area contributed by atoms with Gasteiger partial charge in [-0.05, 0) is 98.5 Å². The Bertz CT molecular complexity index is 2840. The summed E-state index contributed by atoms with van der Waals surface area (Å²) in [5.74, 6) is -1.99. The van der Waals surface area contributed by atoms with Crippen LogP contribution in [-0.2, 0) is 52.8 Å². The molecule has 15 nitrogen and oxygen atoms in total. The van der Waals surface area contributed by atoms with Gasteiger partial charge < -0.3 is 38.8 Å². The monoisotopic (exact) mass is 1010 g/mol. The van der Waals surface area contributed by atoms with Gasteiger partial charge in [-0.1, -0.05) is 88.4 Å². The number of nitrogens with one attached hydrogen (secondary N) is 2. The van der Waals surface area contributed by atoms with Crippen molar-refractivity contribution in [2.45, 2.75) is 116 Å². The minimum Gasteiger partial charge on any atom is -0.464 e. The molecule has 5 aromatic rings. The largest absolute Gasteiger partial charge is 0.464 e. The fraction of sp³-hybridized carbons (Fsp3) is 0.508. The average molecular weight is 1010 g/mol. The zero-order valence-electron chi connectivity index (χ0n) is 44.9. The number of ether oxygens (including phenoxy) is 3. The molecule has 3 saturated heterocycles. The van der Waals surface area contributed by atoms with Gasteiger partial charge >= 0.3 is 5.97 Å². The molecular formula is C59H76N8O7. The molecule has 6 atom stereocenters. The van der Waals surface area contributed by atoms with E-state index in [1.165, 1.54) is 9.91 Å². The van der Waals surface area contributed by atoms with Gasteiger partial charge in [0.05, 0.1) is 36.0 Å². The van der Waals surface area contributed by atoms with Gasteiger partial charge in [0.25, 0.3) is 11.8 Å². The molecule has 74 heavy (non-hydrogen) atoms. The van der Waals surface area contributed by atoms with Crippen LogP contribution in [0.3, 0.4) is 0 Å². The lowest BCUT2D eigenvalue weighted by Gasteiger charge is -2.37. The second-order valence-electron chi connectivity index (χ2n) is 22.1. The van der Waals surface area contributed by atoms with E-state index in [9.17, 15) is 19.2 Å². The molecule has 6 bridgehead atoms. The van der Waals surface area contributed by atoms with Crippen LogP contribution in [0, 0.1) is 11.3 Å². The number of benzene rings is 3. The lowest BCUT2D eigenvalue weighted by Crippen LogP contribution is -2.62. The number of fused-ring (bicyclic) bond motifs is 6. The summed E-state index contributed by atoms with van der Waals surface area (Å²) in [5.41, 5.74) is 12.7. The molecule has 9 rings (SSSR count). The van der Waals surface area contributed by atoms with Gasteiger partial charge in [-0.2, -0.15) is 0 Å². The van der Waals surface area contributed by atoms with Crippen LogP contribution >= 0.6 is 0 Å². The molecular weight excluding hydrogens is 933 g/mol. The van der Waals surface area contributed by atoms with Gasteiger partial charge in [0.15, 0.2) is 0 Å². The van der Waals surface area contributed by atoms with Crippen LogP contribution < -0.4 is 15.6 Å². The van der Waals surface area contributed by atoms with Gasteiger partial charge in [-0.15, -0.1) is 0 Å². The normalized spacial score (nSPS) is 22.6. The second kappa shape index (κ2) is 22.4. The Kier molecular flexibility index (Phi) is 15.9. The van der Waals surface area contributed by atoms with Crippen molar-refractivity contribution in [3.8, 4) is 22.4 Å². The molecule has 3 amide bonds. The highest BCUT2D eigenvalue weighted by Gasteiger charge is 2.42. The van der Waals surface area contributed by atoms with Crippen LogP contribution in [0.25, 0.3) is 33.3 Å². The van der Waals surface area contributed by atoms with E-state index >= 15 is 0 Å². The van der Waals surface area contributed by atoms with Crippen molar-refractivity contribution >= 4 is 40.3 Å². The summed E-state index contributed by atoms with van der Waals surface area (Å²) in [6.45, 7) is 17.6. The second-order valence-corrected chi connectivity index (χ2v) is 22.1. The Balaban J connectivity index is 1.11. The number of hydrazine groups is 1. The zero-order valence-corrected chi connectivity index (χ0v) is 44.9. The molecule has 0 saturated carbocycles. The van der Waals surface area contributed by atoms with E-state index in [2.05, 4.69) is 89.3 Å². The number of pyridine rings is 1. The number of cyclic esters (lactones) is 1. The zero-order chi connectivity index (χ0) is 52.4. The maximum Gasteiger partial charge on any atom is 0.324 e. The van der Waals surface area contributed by atoms with E-state index in [-0.39, 0.29) is 42.8 Å². The molecule has 3 aromatic carbocycles. The van der Waals surface area contributed by atoms with Crippen molar-refractivity contribution in [2.24, 2.45) is 11.3 Å². The first kappa shape index (κ1) is 52.7. The van der Waals surface area contributed by atoms with Crippen LogP contribution in [0.15, 0.2) is 85.1 Å². The standard InChI is InChI=1S/C59H76N8O7/c1-10-66-50-22-21-42-32-45(50)47(53(66)46-33-43(35-60-51(46)38(4)72-9)65-27-25-63(7)26-28-65)34-59(5,6)36-74-58(71)48-20-15-24-67(62-48)56(69)49(31-39-16-14-19-41(42)30-39)61-55(68)52(37(2)3)64(8)57(70)54-44(23-29-73-54)40-17-12-11-13-18-40/h11-14,16-19,21-22,30,32-33,35,37-38,44,48-49,52,54,62H,10,15,20,23-29,31,34,36H2,1-9H3,(H,61,68)/t38-,44+,48-,49-,52?,54+/m0/s1. The number of esters is 1. The number of carbonyl (C=O) groups is 4. The number of likely N-dealkylation sites (N-methyl/N-ethyl adjacent to an activating group) is 2. The third-order valence-electron chi connectivity index (χ3n) is 15.8. The number of hydrogen-bond donors (Lipinski definition) is 2. The number of amides is 3. The van der Waals surface area contributed by atoms with E-state index < -0.39 is 41.5 Å². The van der Waals surface area contributed by atoms with Crippen molar-refractivity contribution in [1.29, 1.82) is 0 Å². The molecule has 15 heteroatoms. The molecule has 6 heterocycles. The summed E-state index contributed by atoms with van der Waals surface area (Å²) in [6, 6.07) is 24.2. The summed E-state index contributed by atoms with van der Waals surface area (Å²) in [4.78, 5) is 69.6. The summed E-state index contributed by atoms with van der Waals surface area (Å²) in [5, 5.41) is 5.68.